The van der Waals surface area contributed by atoms with Crippen molar-refractivity contribution in [1.29, 1.82) is 0 Å². The number of carbonyl (C=O) groups excluding carboxylic acids is 1. The lowest BCUT2D eigenvalue weighted by atomic mass is 10.2. The number of sulfonamides is 1. The van der Waals surface area contributed by atoms with Crippen molar-refractivity contribution in [3.05, 3.63) is 99.6 Å². The summed E-state index contributed by atoms with van der Waals surface area (Å²) >= 11 is 18.2. The smallest absolute Gasteiger partial charge is 0.243 e. The maximum atomic E-state index is 13.4. The number of pyridine rings is 1. The van der Waals surface area contributed by atoms with E-state index >= 15 is 0 Å². The van der Waals surface area contributed by atoms with Gasteiger partial charge in [0.25, 0.3) is 0 Å². The van der Waals surface area contributed by atoms with E-state index in [1.807, 2.05) is 12.1 Å². The third-order valence-electron chi connectivity index (χ3n) is 5.54. The molecule has 2 N–H and O–H groups in total. The lowest BCUT2D eigenvalue weighted by Gasteiger charge is -2.22. The first-order valence-electron chi connectivity index (χ1n) is 11.3. The van der Waals surface area contributed by atoms with Crippen molar-refractivity contribution in [2.24, 2.45) is 0 Å². The number of hydrogen-bond acceptors (Lipinski definition) is 5. The van der Waals surface area contributed by atoms with E-state index in [2.05, 4.69) is 15.6 Å². The number of halogens is 3. The summed E-state index contributed by atoms with van der Waals surface area (Å²) in [7, 11) is -4.01. The molecule has 0 saturated carbocycles. The maximum absolute atomic E-state index is 13.4. The van der Waals surface area contributed by atoms with Gasteiger partial charge in [0, 0.05) is 52.0 Å². The van der Waals surface area contributed by atoms with Crippen LogP contribution >= 0.6 is 34.8 Å². The zero-order chi connectivity index (χ0) is 26.4. The third-order valence-corrected chi connectivity index (χ3v) is 8.21. The second-order valence-corrected chi connectivity index (χ2v) is 11.3. The van der Waals surface area contributed by atoms with Crippen LogP contribution in [0.25, 0.3) is 10.9 Å². The molecule has 0 aliphatic heterocycles. The van der Waals surface area contributed by atoms with Gasteiger partial charge in [-0.15, -0.1) is 0 Å². The van der Waals surface area contributed by atoms with E-state index in [0.717, 1.165) is 20.9 Å². The van der Waals surface area contributed by atoms with Crippen LogP contribution in [0.4, 0.5) is 5.69 Å². The first kappa shape index (κ1) is 27.2. The molecular formula is C26H23Cl3N4O3S. The Bertz CT molecular complexity index is 1520. The van der Waals surface area contributed by atoms with Gasteiger partial charge in [-0.2, -0.15) is 4.31 Å². The number of carbonyl (C=O) groups is 1. The number of benzene rings is 3. The molecule has 7 nitrogen and oxygen atoms in total. The molecule has 1 amide bonds. The van der Waals surface area contributed by atoms with E-state index in [1.165, 1.54) is 24.3 Å². The number of anilines is 1. The highest BCUT2D eigenvalue weighted by Gasteiger charge is 2.27. The van der Waals surface area contributed by atoms with Crippen LogP contribution < -0.4 is 10.6 Å². The number of aromatic nitrogens is 1. The van der Waals surface area contributed by atoms with Crippen LogP contribution in [-0.4, -0.2) is 43.2 Å². The molecule has 0 spiro atoms. The van der Waals surface area contributed by atoms with Crippen LogP contribution in [-0.2, 0) is 21.4 Å². The second kappa shape index (κ2) is 12.1. The van der Waals surface area contributed by atoms with Gasteiger partial charge >= 0.3 is 0 Å². The van der Waals surface area contributed by atoms with Crippen molar-refractivity contribution in [3.63, 3.8) is 0 Å². The zero-order valence-corrected chi connectivity index (χ0v) is 22.6. The van der Waals surface area contributed by atoms with E-state index in [1.54, 1.807) is 42.6 Å². The molecule has 0 aliphatic rings. The Morgan fingerprint density at radius 3 is 2.38 bits per heavy atom. The van der Waals surface area contributed by atoms with E-state index in [4.69, 9.17) is 34.8 Å². The van der Waals surface area contributed by atoms with E-state index in [0.29, 0.717) is 27.2 Å². The quantitative estimate of drug-likeness (QED) is 0.239. The average molecular weight is 578 g/mol. The number of nitrogens with one attached hydrogen (secondary N) is 2. The van der Waals surface area contributed by atoms with Crippen LogP contribution in [0.15, 0.2) is 83.9 Å². The van der Waals surface area contributed by atoms with Gasteiger partial charge in [-0.3, -0.25) is 9.78 Å². The van der Waals surface area contributed by atoms with Gasteiger partial charge in [0.2, 0.25) is 15.9 Å². The molecular weight excluding hydrogens is 555 g/mol. The van der Waals surface area contributed by atoms with E-state index < -0.39 is 15.9 Å². The minimum Gasteiger partial charge on any atom is -0.383 e. The lowest BCUT2D eigenvalue weighted by Crippen LogP contribution is -2.41. The normalized spacial score (nSPS) is 11.6. The number of amides is 1. The van der Waals surface area contributed by atoms with E-state index in [-0.39, 0.29) is 24.5 Å². The molecule has 0 bridgehead atoms. The highest BCUT2D eigenvalue weighted by molar-refractivity contribution is 7.89. The van der Waals surface area contributed by atoms with Gasteiger partial charge in [0.05, 0.1) is 17.0 Å². The van der Waals surface area contributed by atoms with Crippen molar-refractivity contribution in [2.75, 3.05) is 25.0 Å². The minimum atomic E-state index is -4.01. The Morgan fingerprint density at radius 2 is 1.62 bits per heavy atom. The van der Waals surface area contributed by atoms with Crippen LogP contribution in [0.3, 0.4) is 0 Å². The molecule has 0 atom stereocenters. The summed E-state index contributed by atoms with van der Waals surface area (Å²) in [5.41, 5.74) is 2.19. The number of rotatable bonds is 10. The number of fused-ring (bicyclic) bond motifs is 1. The molecule has 0 aliphatic carbocycles. The largest absolute Gasteiger partial charge is 0.383 e. The predicted octanol–water partition coefficient (Wildman–Crippen LogP) is 5.61. The van der Waals surface area contributed by atoms with Crippen molar-refractivity contribution < 1.29 is 13.2 Å². The fourth-order valence-corrected chi connectivity index (χ4v) is 5.55. The summed E-state index contributed by atoms with van der Waals surface area (Å²) in [6.07, 6.45) is 1.67. The SMILES string of the molecule is O=C(CN(Cc1ccccc1Cl)S(=O)(=O)c1ccc(Cl)cc1)NCCNc1ccnc2cc(Cl)ccc12. The van der Waals surface area contributed by atoms with Crippen molar-refractivity contribution >= 4 is 67.3 Å². The molecule has 0 fully saturated rings. The van der Waals surface area contributed by atoms with Crippen LogP contribution in [0, 0.1) is 0 Å². The molecule has 3 aromatic carbocycles. The average Bonchev–Trinajstić information content (AvgIpc) is 2.87. The first-order chi connectivity index (χ1) is 17.7. The fraction of sp³-hybridized carbons (Fsp3) is 0.154. The summed E-state index contributed by atoms with van der Waals surface area (Å²) in [6, 6.07) is 20.0. The van der Waals surface area contributed by atoms with Gasteiger partial charge < -0.3 is 10.6 Å². The Labute approximate surface area is 230 Å². The van der Waals surface area contributed by atoms with Gasteiger partial charge in [0.15, 0.2) is 0 Å². The summed E-state index contributed by atoms with van der Waals surface area (Å²) in [5.74, 6) is -0.447. The highest BCUT2D eigenvalue weighted by Crippen LogP contribution is 2.25. The van der Waals surface area contributed by atoms with Gasteiger partial charge in [-0.1, -0.05) is 53.0 Å². The predicted molar refractivity (Wildman–Crippen MR) is 149 cm³/mol. The summed E-state index contributed by atoms with van der Waals surface area (Å²) in [4.78, 5) is 17.1. The van der Waals surface area contributed by atoms with Crippen LogP contribution in [0.1, 0.15) is 5.56 Å². The standard InChI is InChI=1S/C26H23Cl3N4O3S/c27-19-5-8-21(9-6-19)37(35,36)33(16-18-3-1-2-4-23(18)29)17-26(34)32-14-13-31-24-11-12-30-25-15-20(28)7-10-22(24)25/h1-12,15H,13-14,16-17H2,(H,30,31)(H,32,34). The Morgan fingerprint density at radius 1 is 0.892 bits per heavy atom. The number of nitrogens with zero attached hydrogens (tertiary/aromatic N) is 2. The molecule has 192 valence electrons. The third kappa shape index (κ3) is 6.91. The zero-order valence-electron chi connectivity index (χ0n) is 19.5. The first-order valence-corrected chi connectivity index (χ1v) is 13.9. The molecule has 0 unspecified atom stereocenters. The van der Waals surface area contributed by atoms with Crippen molar-refractivity contribution in [1.82, 2.24) is 14.6 Å². The second-order valence-electron chi connectivity index (χ2n) is 8.12. The Balaban J connectivity index is 1.43. The van der Waals surface area contributed by atoms with Gasteiger partial charge in [-0.05, 0) is 60.2 Å². The molecule has 1 aromatic heterocycles. The Hall–Kier alpha value is -2.88. The molecule has 4 aromatic rings. The van der Waals surface area contributed by atoms with Gasteiger partial charge in [-0.25, -0.2) is 8.42 Å². The molecule has 1 heterocycles. The van der Waals surface area contributed by atoms with Crippen LogP contribution in [0.2, 0.25) is 15.1 Å². The maximum Gasteiger partial charge on any atom is 0.243 e. The van der Waals surface area contributed by atoms with Crippen molar-refractivity contribution in [3.8, 4) is 0 Å². The molecule has 0 radical (unpaired) electrons. The van der Waals surface area contributed by atoms with Crippen LogP contribution in [0.5, 0.6) is 0 Å². The van der Waals surface area contributed by atoms with Crippen molar-refractivity contribution in [2.45, 2.75) is 11.4 Å². The summed E-state index contributed by atoms with van der Waals surface area (Å²) in [6.45, 7) is 0.244. The molecule has 37 heavy (non-hydrogen) atoms. The van der Waals surface area contributed by atoms with E-state index in [9.17, 15) is 13.2 Å². The molecule has 4 rings (SSSR count). The van der Waals surface area contributed by atoms with Gasteiger partial charge in [0.1, 0.15) is 0 Å². The molecule has 0 saturated heterocycles. The minimum absolute atomic E-state index is 0.0306. The molecule has 11 heteroatoms. The summed E-state index contributed by atoms with van der Waals surface area (Å²) < 4.78 is 27.9. The topological polar surface area (TPSA) is 91.4 Å². The lowest BCUT2D eigenvalue weighted by molar-refractivity contribution is -0.121. The summed E-state index contributed by atoms with van der Waals surface area (Å²) in [5, 5.41) is 8.36. The highest BCUT2D eigenvalue weighted by atomic mass is 35.5. The fourth-order valence-electron chi connectivity index (χ4n) is 3.69. The number of hydrogen-bond donors (Lipinski definition) is 2. The monoisotopic (exact) mass is 576 g/mol. The Kier molecular flexibility index (Phi) is 8.89.